The second kappa shape index (κ2) is 6.32. The number of benzene rings is 1. The molecule has 3 rings (SSSR count). The lowest BCUT2D eigenvalue weighted by Gasteiger charge is -2.23. The molecule has 0 spiro atoms. The zero-order valence-corrected chi connectivity index (χ0v) is 13.0. The molecule has 5 nitrogen and oxygen atoms in total. The van der Waals surface area contributed by atoms with Gasteiger partial charge in [0.15, 0.2) is 11.6 Å². The van der Waals surface area contributed by atoms with E-state index in [4.69, 9.17) is 11.6 Å². The van der Waals surface area contributed by atoms with Crippen molar-refractivity contribution >= 4 is 34.8 Å². The molecule has 1 aliphatic rings. The number of carbonyl (C=O) groups excluding carboxylic acids is 1. The van der Waals surface area contributed by atoms with Crippen molar-refractivity contribution in [2.24, 2.45) is 5.92 Å². The summed E-state index contributed by atoms with van der Waals surface area (Å²) in [6.45, 7) is 1.99. The van der Waals surface area contributed by atoms with Crippen LogP contribution in [0.2, 0.25) is 5.02 Å². The Balaban J connectivity index is 1.66. The average molecular weight is 317 g/mol. The minimum absolute atomic E-state index is 0.0342. The van der Waals surface area contributed by atoms with Gasteiger partial charge in [-0.1, -0.05) is 24.1 Å². The van der Waals surface area contributed by atoms with E-state index in [-0.39, 0.29) is 11.8 Å². The van der Waals surface area contributed by atoms with Crippen LogP contribution < -0.4 is 10.6 Å². The van der Waals surface area contributed by atoms with Gasteiger partial charge in [0.1, 0.15) is 0 Å². The minimum atomic E-state index is 0.0342. The van der Waals surface area contributed by atoms with E-state index < -0.39 is 0 Å². The van der Waals surface area contributed by atoms with Crippen molar-refractivity contribution in [1.82, 2.24) is 10.2 Å². The maximum Gasteiger partial charge on any atom is 0.228 e. The molecular weight excluding hydrogens is 300 g/mol. The molecule has 1 aromatic heterocycles. The van der Waals surface area contributed by atoms with Crippen LogP contribution in [0.15, 0.2) is 30.3 Å². The molecule has 1 fully saturated rings. The number of anilines is 3. The van der Waals surface area contributed by atoms with Crippen LogP contribution >= 0.6 is 11.6 Å². The Kier molecular flexibility index (Phi) is 4.24. The summed E-state index contributed by atoms with van der Waals surface area (Å²) in [5, 5.41) is 14.7. The highest BCUT2D eigenvalue weighted by Crippen LogP contribution is 2.27. The second-order valence-electron chi connectivity index (χ2n) is 5.51. The molecule has 1 saturated carbocycles. The summed E-state index contributed by atoms with van der Waals surface area (Å²) in [6, 6.07) is 9.14. The van der Waals surface area contributed by atoms with Crippen molar-refractivity contribution in [3.63, 3.8) is 0 Å². The molecular formula is C16H17ClN4O. The fraction of sp³-hybridized carbons (Fsp3) is 0.312. The van der Waals surface area contributed by atoms with Crippen LogP contribution in [0.5, 0.6) is 0 Å². The van der Waals surface area contributed by atoms with Crippen LogP contribution in [-0.2, 0) is 4.79 Å². The smallest absolute Gasteiger partial charge is 0.228 e. The van der Waals surface area contributed by atoms with E-state index in [9.17, 15) is 4.79 Å². The van der Waals surface area contributed by atoms with Crippen molar-refractivity contribution in [3.8, 4) is 0 Å². The Morgan fingerprint density at radius 2 is 1.91 bits per heavy atom. The first-order chi connectivity index (χ1) is 10.6. The number of hydrogen-bond donors (Lipinski definition) is 2. The van der Waals surface area contributed by atoms with E-state index in [1.807, 2.05) is 25.1 Å². The molecule has 1 aliphatic carbocycles. The van der Waals surface area contributed by atoms with Crippen LogP contribution in [0, 0.1) is 12.8 Å². The highest BCUT2D eigenvalue weighted by molar-refractivity contribution is 6.30. The number of nitrogens with zero attached hydrogens (tertiary/aromatic N) is 2. The summed E-state index contributed by atoms with van der Waals surface area (Å²) in [5.74, 6) is 1.25. The summed E-state index contributed by atoms with van der Waals surface area (Å²) in [6.07, 6.45) is 3.06. The molecule has 0 unspecified atom stereocenters. The number of aryl methyl sites for hydroxylation is 1. The third-order valence-corrected chi connectivity index (χ3v) is 4.09. The maximum atomic E-state index is 11.8. The molecule has 1 aromatic carbocycles. The average Bonchev–Trinajstić information content (AvgIpc) is 2.43. The zero-order chi connectivity index (χ0) is 15.5. The molecule has 0 saturated heterocycles. The summed E-state index contributed by atoms with van der Waals surface area (Å²) in [5.41, 5.74) is 1.95. The van der Waals surface area contributed by atoms with Crippen molar-refractivity contribution in [2.75, 3.05) is 10.6 Å². The maximum absolute atomic E-state index is 11.8. The molecule has 0 radical (unpaired) electrons. The third kappa shape index (κ3) is 3.36. The van der Waals surface area contributed by atoms with Crippen molar-refractivity contribution in [3.05, 3.63) is 40.9 Å². The largest absolute Gasteiger partial charge is 0.338 e. The Bertz CT molecular complexity index is 683. The highest BCUT2D eigenvalue weighted by atomic mass is 35.5. The topological polar surface area (TPSA) is 66.9 Å². The van der Waals surface area contributed by atoms with Gasteiger partial charge in [-0.25, -0.2) is 0 Å². The van der Waals surface area contributed by atoms with Gasteiger partial charge in [0.25, 0.3) is 0 Å². The van der Waals surface area contributed by atoms with Gasteiger partial charge in [0.2, 0.25) is 5.91 Å². The number of hydrogen-bond acceptors (Lipinski definition) is 4. The number of halogens is 1. The number of rotatable bonds is 4. The Hall–Kier alpha value is -2.14. The molecule has 1 amide bonds. The fourth-order valence-corrected chi connectivity index (χ4v) is 2.40. The van der Waals surface area contributed by atoms with Crippen LogP contribution in [0.4, 0.5) is 17.3 Å². The van der Waals surface area contributed by atoms with Crippen LogP contribution in [0.25, 0.3) is 0 Å². The van der Waals surface area contributed by atoms with Gasteiger partial charge < -0.3 is 10.6 Å². The Labute approximate surface area is 134 Å². The van der Waals surface area contributed by atoms with Gasteiger partial charge in [0.05, 0.1) is 0 Å². The molecule has 2 N–H and O–H groups in total. The van der Waals surface area contributed by atoms with Gasteiger partial charge in [-0.15, -0.1) is 10.2 Å². The molecule has 0 atom stereocenters. The second-order valence-corrected chi connectivity index (χ2v) is 5.94. The molecule has 6 heteroatoms. The highest BCUT2D eigenvalue weighted by Gasteiger charge is 2.25. The predicted molar refractivity (Wildman–Crippen MR) is 87.5 cm³/mol. The Morgan fingerprint density at radius 1 is 1.18 bits per heavy atom. The predicted octanol–water partition coefficient (Wildman–Crippen LogP) is 3.92. The zero-order valence-electron chi connectivity index (χ0n) is 12.3. The minimum Gasteiger partial charge on any atom is -0.338 e. The summed E-state index contributed by atoms with van der Waals surface area (Å²) >= 11 is 5.99. The van der Waals surface area contributed by atoms with Crippen LogP contribution in [0.1, 0.15) is 24.8 Å². The Morgan fingerprint density at radius 3 is 2.55 bits per heavy atom. The van der Waals surface area contributed by atoms with Gasteiger partial charge in [0, 0.05) is 16.6 Å². The van der Waals surface area contributed by atoms with E-state index in [0.717, 1.165) is 30.5 Å². The quantitative estimate of drug-likeness (QED) is 0.897. The van der Waals surface area contributed by atoms with E-state index in [1.54, 1.807) is 12.1 Å². The monoisotopic (exact) mass is 316 g/mol. The van der Waals surface area contributed by atoms with Crippen molar-refractivity contribution in [2.45, 2.75) is 26.2 Å². The van der Waals surface area contributed by atoms with Gasteiger partial charge in [-0.3, -0.25) is 4.79 Å². The summed E-state index contributed by atoms with van der Waals surface area (Å²) in [7, 11) is 0. The molecule has 0 aliphatic heterocycles. The van der Waals surface area contributed by atoms with E-state index in [0.29, 0.717) is 16.7 Å². The first-order valence-corrected chi connectivity index (χ1v) is 7.67. The number of carbonyl (C=O) groups is 1. The van der Waals surface area contributed by atoms with Crippen LogP contribution in [0.3, 0.4) is 0 Å². The third-order valence-electron chi connectivity index (χ3n) is 3.85. The molecule has 1 heterocycles. The summed E-state index contributed by atoms with van der Waals surface area (Å²) < 4.78 is 0. The summed E-state index contributed by atoms with van der Waals surface area (Å²) in [4.78, 5) is 11.8. The van der Waals surface area contributed by atoms with Crippen molar-refractivity contribution in [1.29, 1.82) is 0 Å². The lowest BCUT2D eigenvalue weighted by atomic mass is 9.85. The molecule has 2 aromatic rings. The molecule has 0 bridgehead atoms. The van der Waals surface area contributed by atoms with Crippen molar-refractivity contribution < 1.29 is 4.79 Å². The molecule has 22 heavy (non-hydrogen) atoms. The lowest BCUT2D eigenvalue weighted by molar-refractivity contribution is -0.122. The van der Waals surface area contributed by atoms with E-state index in [1.165, 1.54) is 0 Å². The van der Waals surface area contributed by atoms with Crippen LogP contribution in [-0.4, -0.2) is 16.1 Å². The first-order valence-electron chi connectivity index (χ1n) is 7.29. The standard InChI is InChI=1S/C16H17ClN4O/c1-10-5-6-12(17)9-13(10)18-14-7-8-15(21-20-14)19-16(22)11-3-2-4-11/h5-9,11H,2-4H2,1H3,(H,18,20)(H,19,21,22). The molecule has 114 valence electrons. The van der Waals surface area contributed by atoms with E-state index >= 15 is 0 Å². The lowest BCUT2D eigenvalue weighted by Crippen LogP contribution is -2.28. The fourth-order valence-electron chi connectivity index (χ4n) is 2.23. The van der Waals surface area contributed by atoms with Gasteiger partial charge in [-0.05, 0) is 49.6 Å². The normalized spacial score (nSPS) is 14.3. The number of aromatic nitrogens is 2. The van der Waals surface area contributed by atoms with E-state index in [2.05, 4.69) is 20.8 Å². The van der Waals surface area contributed by atoms with Gasteiger partial charge >= 0.3 is 0 Å². The number of nitrogens with one attached hydrogen (secondary N) is 2. The SMILES string of the molecule is Cc1ccc(Cl)cc1Nc1ccc(NC(=O)C2CCC2)nn1. The first kappa shape index (κ1) is 14.8. The van der Waals surface area contributed by atoms with Gasteiger partial charge in [-0.2, -0.15) is 0 Å². The number of amides is 1.